The first kappa shape index (κ1) is 6.71. The Morgan fingerprint density at radius 2 is 2.67 bits per heavy atom. The van der Waals surface area contributed by atoms with E-state index < -0.39 is 0 Å². The van der Waals surface area contributed by atoms with Crippen molar-refractivity contribution in [2.24, 2.45) is 0 Å². The number of hydrogen-bond donors (Lipinski definition) is 1. The minimum atomic E-state index is 0.0660. The van der Waals surface area contributed by atoms with Gasteiger partial charge in [0.15, 0.2) is 0 Å². The number of ether oxygens (including phenoxy) is 1. The third-order valence-electron chi connectivity index (χ3n) is 1.32. The summed E-state index contributed by atoms with van der Waals surface area (Å²) >= 11 is 0. The molecule has 1 aliphatic heterocycles. The van der Waals surface area contributed by atoms with Crippen LogP contribution >= 0.6 is 0 Å². The maximum Gasteiger partial charge on any atom is 0.201 e. The van der Waals surface area contributed by atoms with Crippen molar-refractivity contribution in [3.63, 3.8) is 0 Å². The molecule has 1 saturated heterocycles. The fourth-order valence-corrected chi connectivity index (χ4v) is 0.844. The maximum atomic E-state index is 9.84. The van der Waals surface area contributed by atoms with Gasteiger partial charge in [-0.2, -0.15) is 0 Å². The molecule has 0 aromatic rings. The third-order valence-corrected chi connectivity index (χ3v) is 1.32. The smallest absolute Gasteiger partial charge is 0.201 e. The molecule has 51 valence electrons. The van der Waals surface area contributed by atoms with E-state index in [1.54, 1.807) is 0 Å². The van der Waals surface area contributed by atoms with Crippen LogP contribution < -0.4 is 5.32 Å². The van der Waals surface area contributed by atoms with Crippen LogP contribution in [0.1, 0.15) is 6.42 Å². The molecular formula is C6H10NO2. The molecule has 9 heavy (non-hydrogen) atoms. The van der Waals surface area contributed by atoms with Crippen molar-refractivity contribution in [2.75, 3.05) is 19.7 Å². The molecule has 1 rings (SSSR count). The first-order valence-electron chi connectivity index (χ1n) is 3.11. The highest BCUT2D eigenvalue weighted by molar-refractivity contribution is 5.51. The van der Waals surface area contributed by atoms with Gasteiger partial charge >= 0.3 is 0 Å². The highest BCUT2D eigenvalue weighted by Gasteiger charge is 2.11. The summed E-state index contributed by atoms with van der Waals surface area (Å²) in [5.74, 6) is 0. The molecule has 1 radical (unpaired) electrons. The number of morpholine rings is 1. The molecular weight excluding hydrogens is 118 g/mol. The molecule has 0 amide bonds. The normalized spacial score (nSPS) is 27.8. The van der Waals surface area contributed by atoms with Crippen molar-refractivity contribution in [3.05, 3.63) is 0 Å². The topological polar surface area (TPSA) is 38.3 Å². The lowest BCUT2D eigenvalue weighted by atomic mass is 10.2. The Morgan fingerprint density at radius 1 is 1.78 bits per heavy atom. The summed E-state index contributed by atoms with van der Waals surface area (Å²) in [6.45, 7) is 2.40. The second-order valence-electron chi connectivity index (χ2n) is 2.05. The van der Waals surface area contributed by atoms with Crippen molar-refractivity contribution in [3.8, 4) is 0 Å². The fraction of sp³-hybridized carbons (Fsp3) is 0.833. The predicted octanol–water partition coefficient (Wildman–Crippen LogP) is -0.525. The lowest BCUT2D eigenvalue weighted by Crippen LogP contribution is -2.38. The molecule has 1 N–H and O–H groups in total. The molecule has 1 heterocycles. The summed E-state index contributed by atoms with van der Waals surface area (Å²) < 4.78 is 5.19. The van der Waals surface area contributed by atoms with Crippen molar-refractivity contribution < 1.29 is 9.53 Å². The van der Waals surface area contributed by atoms with Crippen LogP contribution in [0.25, 0.3) is 0 Å². The van der Waals surface area contributed by atoms with Crippen LogP contribution in [0.15, 0.2) is 0 Å². The Kier molecular flexibility index (Phi) is 2.67. The van der Waals surface area contributed by atoms with Crippen LogP contribution in [-0.2, 0) is 9.53 Å². The molecule has 0 spiro atoms. The largest absolute Gasteiger partial charge is 0.375 e. The van der Waals surface area contributed by atoms with E-state index in [1.807, 2.05) is 6.29 Å². The van der Waals surface area contributed by atoms with Crippen LogP contribution in [0.3, 0.4) is 0 Å². The van der Waals surface area contributed by atoms with Crippen molar-refractivity contribution in [1.29, 1.82) is 0 Å². The molecule has 3 nitrogen and oxygen atoms in total. The van der Waals surface area contributed by atoms with Gasteiger partial charge in [-0.15, -0.1) is 0 Å². The van der Waals surface area contributed by atoms with Gasteiger partial charge in [-0.05, 0) is 0 Å². The summed E-state index contributed by atoms with van der Waals surface area (Å²) in [4.78, 5) is 9.84. The zero-order valence-electron chi connectivity index (χ0n) is 5.22. The van der Waals surface area contributed by atoms with Gasteiger partial charge in [0.1, 0.15) is 0 Å². The molecule has 1 unspecified atom stereocenters. The van der Waals surface area contributed by atoms with Crippen LogP contribution in [-0.4, -0.2) is 32.1 Å². The highest BCUT2D eigenvalue weighted by Crippen LogP contribution is 1.97. The van der Waals surface area contributed by atoms with Crippen LogP contribution in [0.5, 0.6) is 0 Å². The van der Waals surface area contributed by atoms with Gasteiger partial charge in [-0.3, -0.25) is 4.79 Å². The van der Waals surface area contributed by atoms with Gasteiger partial charge in [-0.1, -0.05) is 0 Å². The minimum Gasteiger partial charge on any atom is -0.375 e. The monoisotopic (exact) mass is 128 g/mol. The Morgan fingerprint density at radius 3 is 3.22 bits per heavy atom. The molecule has 0 aromatic heterocycles. The van der Waals surface area contributed by atoms with Crippen molar-refractivity contribution in [2.45, 2.75) is 12.5 Å². The van der Waals surface area contributed by atoms with Gasteiger partial charge in [-0.25, -0.2) is 0 Å². The zero-order chi connectivity index (χ0) is 6.53. The molecule has 1 atom stereocenters. The SMILES string of the molecule is O=[C]CC1CNCCO1. The average molecular weight is 128 g/mol. The Bertz CT molecular complexity index is 89.1. The summed E-state index contributed by atoms with van der Waals surface area (Å²) in [5, 5.41) is 3.12. The zero-order valence-corrected chi connectivity index (χ0v) is 5.22. The van der Waals surface area contributed by atoms with Gasteiger partial charge < -0.3 is 10.1 Å². The second kappa shape index (κ2) is 3.58. The molecule has 0 aromatic carbocycles. The molecule has 1 fully saturated rings. The summed E-state index contributed by atoms with van der Waals surface area (Å²) in [6.07, 6.45) is 2.28. The van der Waals surface area contributed by atoms with Crippen LogP contribution in [0.4, 0.5) is 0 Å². The lowest BCUT2D eigenvalue weighted by Gasteiger charge is -2.21. The fourth-order valence-electron chi connectivity index (χ4n) is 0.844. The summed E-state index contributed by atoms with van der Waals surface area (Å²) in [6, 6.07) is 0. The molecule has 0 saturated carbocycles. The van der Waals surface area contributed by atoms with Crippen LogP contribution in [0, 0.1) is 0 Å². The van der Waals surface area contributed by atoms with E-state index in [9.17, 15) is 4.79 Å². The van der Waals surface area contributed by atoms with Gasteiger partial charge in [0.2, 0.25) is 6.29 Å². The predicted molar refractivity (Wildman–Crippen MR) is 32.9 cm³/mol. The molecule has 0 bridgehead atoms. The third kappa shape index (κ3) is 2.11. The van der Waals surface area contributed by atoms with Gasteiger partial charge in [0.25, 0.3) is 0 Å². The van der Waals surface area contributed by atoms with Gasteiger partial charge in [0.05, 0.1) is 12.7 Å². The molecule has 1 aliphatic rings. The van der Waals surface area contributed by atoms with E-state index >= 15 is 0 Å². The first-order valence-corrected chi connectivity index (χ1v) is 3.11. The second-order valence-corrected chi connectivity index (χ2v) is 2.05. The van der Waals surface area contributed by atoms with E-state index in [4.69, 9.17) is 4.74 Å². The number of hydrogen-bond acceptors (Lipinski definition) is 3. The molecule has 3 heteroatoms. The lowest BCUT2D eigenvalue weighted by molar-refractivity contribution is 0.0333. The molecule has 0 aliphatic carbocycles. The summed E-state index contributed by atoms with van der Waals surface area (Å²) in [5.41, 5.74) is 0. The minimum absolute atomic E-state index is 0.0660. The van der Waals surface area contributed by atoms with Gasteiger partial charge in [0, 0.05) is 19.5 Å². The van der Waals surface area contributed by atoms with E-state index in [0.29, 0.717) is 13.0 Å². The number of carbonyl (C=O) groups excluding carboxylic acids is 1. The van der Waals surface area contributed by atoms with Crippen molar-refractivity contribution in [1.82, 2.24) is 5.32 Å². The van der Waals surface area contributed by atoms with E-state index in [2.05, 4.69) is 5.32 Å². The average Bonchev–Trinajstić information content (AvgIpc) is 1.91. The van der Waals surface area contributed by atoms with Crippen LogP contribution in [0.2, 0.25) is 0 Å². The highest BCUT2D eigenvalue weighted by atomic mass is 16.5. The first-order chi connectivity index (χ1) is 4.43. The Hall–Kier alpha value is -0.410. The van der Waals surface area contributed by atoms with E-state index in [1.165, 1.54) is 0 Å². The number of rotatable bonds is 2. The van der Waals surface area contributed by atoms with Crippen molar-refractivity contribution >= 4 is 6.29 Å². The van der Waals surface area contributed by atoms with E-state index in [0.717, 1.165) is 13.1 Å². The van der Waals surface area contributed by atoms with E-state index in [-0.39, 0.29) is 6.10 Å². The Balaban J connectivity index is 2.15. The Labute approximate surface area is 54.4 Å². The summed E-state index contributed by atoms with van der Waals surface area (Å²) in [7, 11) is 0. The standard InChI is InChI=1S/C6H10NO2/c8-3-1-6-5-7-2-4-9-6/h6-7H,1-2,4-5H2. The maximum absolute atomic E-state index is 9.84. The number of nitrogens with one attached hydrogen (secondary N) is 1. The quantitative estimate of drug-likeness (QED) is 0.543.